The number of halogens is 1. The summed E-state index contributed by atoms with van der Waals surface area (Å²) in [6.07, 6.45) is 2.50. The summed E-state index contributed by atoms with van der Waals surface area (Å²) in [6.45, 7) is 0.809. The number of nitrogens with zero attached hydrogens (tertiary/aromatic N) is 3. The summed E-state index contributed by atoms with van der Waals surface area (Å²) in [6, 6.07) is 18.7. The summed E-state index contributed by atoms with van der Waals surface area (Å²) in [5.41, 5.74) is 2.44. The number of fused-ring (bicyclic) bond motifs is 2. The SMILES string of the molecule is COc1ccc2c(Oc3cc4sc(N(C)CCc5ccccc5)nc4cc3F)ccnc2c1OC. The minimum Gasteiger partial charge on any atom is -0.493 e. The van der Waals surface area contributed by atoms with Gasteiger partial charge in [-0.3, -0.25) is 4.98 Å². The Balaban J connectivity index is 1.42. The predicted octanol–water partition coefficient (Wildman–Crippen LogP) is 6.47. The summed E-state index contributed by atoms with van der Waals surface area (Å²) in [4.78, 5) is 11.1. The Morgan fingerprint density at radius 3 is 2.54 bits per heavy atom. The maximum absolute atomic E-state index is 15.0. The Morgan fingerprint density at radius 2 is 1.77 bits per heavy atom. The van der Waals surface area contributed by atoms with Gasteiger partial charge in [0, 0.05) is 37.3 Å². The highest BCUT2D eigenvalue weighted by Crippen LogP contribution is 2.40. The standard InChI is InChI=1S/C27H24FN3O3S/c1-31(14-12-17-7-5-4-6-8-17)27-30-20-15-19(28)23(16-24(20)35-27)34-21-11-13-29-25-18(21)9-10-22(32-2)26(25)33-3/h4-11,13,15-16H,12,14H2,1-3H3. The summed E-state index contributed by atoms with van der Waals surface area (Å²) in [7, 11) is 5.12. The molecule has 0 unspecified atom stereocenters. The highest BCUT2D eigenvalue weighted by Gasteiger charge is 2.17. The van der Waals surface area contributed by atoms with Gasteiger partial charge in [-0.05, 0) is 30.2 Å². The topological polar surface area (TPSA) is 56.7 Å². The van der Waals surface area contributed by atoms with Crippen LogP contribution >= 0.6 is 11.3 Å². The molecule has 0 fully saturated rings. The van der Waals surface area contributed by atoms with Crippen molar-refractivity contribution in [2.75, 3.05) is 32.7 Å². The maximum Gasteiger partial charge on any atom is 0.187 e. The van der Waals surface area contributed by atoms with Crippen LogP contribution in [0.3, 0.4) is 0 Å². The Hall–Kier alpha value is -3.91. The van der Waals surface area contributed by atoms with Crippen LogP contribution in [-0.4, -0.2) is 37.8 Å². The van der Waals surface area contributed by atoms with E-state index in [-0.39, 0.29) is 5.75 Å². The molecule has 0 aliphatic heterocycles. The van der Waals surface area contributed by atoms with E-state index >= 15 is 4.39 Å². The fourth-order valence-corrected chi connectivity index (χ4v) is 4.87. The third-order valence-corrected chi connectivity index (χ3v) is 6.90. The van der Waals surface area contributed by atoms with Crippen molar-refractivity contribution in [2.45, 2.75) is 6.42 Å². The second-order valence-electron chi connectivity index (χ2n) is 8.01. The van der Waals surface area contributed by atoms with Crippen LogP contribution in [0.25, 0.3) is 21.1 Å². The minimum atomic E-state index is -0.480. The van der Waals surface area contributed by atoms with Gasteiger partial charge >= 0.3 is 0 Å². The first-order chi connectivity index (χ1) is 17.1. The van der Waals surface area contributed by atoms with Crippen LogP contribution in [0.2, 0.25) is 0 Å². The Bertz CT molecular complexity index is 1490. The van der Waals surface area contributed by atoms with E-state index in [1.807, 2.05) is 31.3 Å². The molecule has 178 valence electrons. The molecular weight excluding hydrogens is 465 g/mol. The van der Waals surface area contributed by atoms with Crippen LogP contribution in [0, 0.1) is 5.82 Å². The lowest BCUT2D eigenvalue weighted by atomic mass is 10.1. The molecule has 0 amide bonds. The lowest BCUT2D eigenvalue weighted by Gasteiger charge is -2.15. The molecule has 0 bridgehead atoms. The zero-order chi connectivity index (χ0) is 24.4. The molecular formula is C27H24FN3O3S. The molecule has 0 atom stereocenters. The zero-order valence-corrected chi connectivity index (χ0v) is 20.4. The lowest BCUT2D eigenvalue weighted by Crippen LogP contribution is -2.19. The zero-order valence-electron chi connectivity index (χ0n) is 19.6. The van der Waals surface area contributed by atoms with Gasteiger partial charge in [0.15, 0.2) is 28.2 Å². The molecule has 5 aromatic rings. The molecule has 0 spiro atoms. The summed E-state index contributed by atoms with van der Waals surface area (Å²) in [5, 5.41) is 1.52. The van der Waals surface area contributed by atoms with E-state index in [0.29, 0.717) is 33.7 Å². The Labute approximate surface area is 206 Å². The third kappa shape index (κ3) is 4.57. The van der Waals surface area contributed by atoms with Gasteiger partial charge in [-0.1, -0.05) is 41.7 Å². The molecule has 35 heavy (non-hydrogen) atoms. The van der Waals surface area contributed by atoms with E-state index in [9.17, 15) is 0 Å². The number of ether oxygens (including phenoxy) is 3. The monoisotopic (exact) mass is 489 g/mol. The second kappa shape index (κ2) is 9.76. The number of thiazole rings is 1. The smallest absolute Gasteiger partial charge is 0.187 e. The first-order valence-electron chi connectivity index (χ1n) is 11.1. The molecule has 2 aromatic heterocycles. The summed E-state index contributed by atoms with van der Waals surface area (Å²) >= 11 is 1.51. The normalized spacial score (nSPS) is 11.1. The maximum atomic E-state index is 15.0. The van der Waals surface area contributed by atoms with Gasteiger partial charge in [0.25, 0.3) is 0 Å². The number of pyridine rings is 1. The van der Waals surface area contributed by atoms with Gasteiger partial charge in [-0.15, -0.1) is 0 Å². The number of hydrogen-bond donors (Lipinski definition) is 0. The number of anilines is 1. The van der Waals surface area contributed by atoms with Crippen molar-refractivity contribution in [3.05, 3.63) is 78.2 Å². The van der Waals surface area contributed by atoms with Crippen molar-refractivity contribution in [3.8, 4) is 23.0 Å². The Kier molecular flexibility index (Phi) is 6.37. The lowest BCUT2D eigenvalue weighted by molar-refractivity contribution is 0.358. The molecule has 2 heterocycles. The highest BCUT2D eigenvalue weighted by molar-refractivity contribution is 7.22. The van der Waals surface area contributed by atoms with Crippen LogP contribution < -0.4 is 19.1 Å². The molecule has 8 heteroatoms. The molecule has 3 aromatic carbocycles. The molecule has 0 saturated heterocycles. The van der Waals surface area contributed by atoms with E-state index in [4.69, 9.17) is 14.2 Å². The molecule has 0 aliphatic rings. The van der Waals surface area contributed by atoms with Gasteiger partial charge in [0.2, 0.25) is 0 Å². The van der Waals surface area contributed by atoms with Crippen molar-refractivity contribution >= 4 is 37.6 Å². The highest BCUT2D eigenvalue weighted by atomic mass is 32.1. The van der Waals surface area contributed by atoms with Gasteiger partial charge < -0.3 is 19.1 Å². The van der Waals surface area contributed by atoms with Crippen LogP contribution in [0.15, 0.2) is 66.9 Å². The first kappa shape index (κ1) is 22.9. The quantitative estimate of drug-likeness (QED) is 0.249. The number of methoxy groups -OCH3 is 2. The fourth-order valence-electron chi connectivity index (χ4n) is 3.91. The van der Waals surface area contributed by atoms with Gasteiger partial charge in [-0.2, -0.15) is 0 Å². The third-order valence-electron chi connectivity index (χ3n) is 5.77. The minimum absolute atomic E-state index is 0.127. The number of hydrogen-bond acceptors (Lipinski definition) is 7. The number of aromatic nitrogens is 2. The number of rotatable bonds is 8. The van der Waals surface area contributed by atoms with Crippen molar-refractivity contribution < 1.29 is 18.6 Å². The van der Waals surface area contributed by atoms with Crippen LogP contribution in [0.1, 0.15) is 5.56 Å². The van der Waals surface area contributed by atoms with Gasteiger partial charge in [-0.25, -0.2) is 9.37 Å². The molecule has 0 N–H and O–H groups in total. The Morgan fingerprint density at radius 1 is 0.943 bits per heavy atom. The molecule has 6 nitrogen and oxygen atoms in total. The van der Waals surface area contributed by atoms with Crippen LogP contribution in [0.4, 0.5) is 9.52 Å². The molecule has 0 radical (unpaired) electrons. The molecule has 0 aliphatic carbocycles. The van der Waals surface area contributed by atoms with E-state index in [0.717, 1.165) is 22.8 Å². The number of likely N-dealkylation sites (N-methyl/N-ethyl adjacent to an activating group) is 1. The van der Waals surface area contributed by atoms with E-state index in [1.165, 1.54) is 23.0 Å². The second-order valence-corrected chi connectivity index (χ2v) is 9.02. The largest absolute Gasteiger partial charge is 0.493 e. The van der Waals surface area contributed by atoms with E-state index < -0.39 is 5.82 Å². The first-order valence-corrected chi connectivity index (χ1v) is 11.9. The number of benzene rings is 3. The fraction of sp³-hybridized carbons (Fsp3) is 0.185. The average Bonchev–Trinajstić information content (AvgIpc) is 3.30. The van der Waals surface area contributed by atoms with Crippen molar-refractivity contribution in [3.63, 3.8) is 0 Å². The predicted molar refractivity (Wildman–Crippen MR) is 138 cm³/mol. The van der Waals surface area contributed by atoms with E-state index in [2.05, 4.69) is 27.0 Å². The van der Waals surface area contributed by atoms with Crippen molar-refractivity contribution in [1.29, 1.82) is 0 Å². The summed E-state index contributed by atoms with van der Waals surface area (Å²) < 4.78 is 32.7. The van der Waals surface area contributed by atoms with Crippen molar-refractivity contribution in [2.24, 2.45) is 0 Å². The van der Waals surface area contributed by atoms with Crippen molar-refractivity contribution in [1.82, 2.24) is 9.97 Å². The van der Waals surface area contributed by atoms with Crippen LogP contribution in [0.5, 0.6) is 23.0 Å². The summed E-state index contributed by atoms with van der Waals surface area (Å²) in [5.74, 6) is 1.18. The van der Waals surface area contributed by atoms with Gasteiger partial charge in [0.1, 0.15) is 11.3 Å². The average molecular weight is 490 g/mol. The van der Waals surface area contributed by atoms with Gasteiger partial charge in [0.05, 0.1) is 24.4 Å². The molecule has 0 saturated carbocycles. The molecule has 5 rings (SSSR count). The van der Waals surface area contributed by atoms with E-state index in [1.54, 1.807) is 38.6 Å². The van der Waals surface area contributed by atoms with Crippen LogP contribution in [-0.2, 0) is 6.42 Å².